The normalized spacial score (nSPS) is 15.3. The summed E-state index contributed by atoms with van der Waals surface area (Å²) in [7, 11) is 1.51. The number of anilines is 1. The molecule has 1 amide bonds. The van der Waals surface area contributed by atoms with Crippen molar-refractivity contribution in [3.05, 3.63) is 130 Å². The summed E-state index contributed by atoms with van der Waals surface area (Å²) in [6.45, 7) is 4.95. The van der Waals surface area contributed by atoms with Crippen LogP contribution in [0, 0.1) is 12.7 Å². The largest absolute Gasteiger partial charge is 0.507 e. The summed E-state index contributed by atoms with van der Waals surface area (Å²) >= 11 is 2.52. The van der Waals surface area contributed by atoms with Crippen LogP contribution in [0.15, 0.2) is 101 Å². The molecule has 0 saturated carbocycles. The predicted molar refractivity (Wildman–Crippen MR) is 196 cm³/mol. The molecule has 1 saturated heterocycles. The van der Waals surface area contributed by atoms with E-state index in [0.717, 1.165) is 40.9 Å². The first-order valence-corrected chi connectivity index (χ1v) is 18.2. The first kappa shape index (κ1) is 35.6. The Balaban J connectivity index is 1.33. The van der Waals surface area contributed by atoms with Crippen LogP contribution in [0.1, 0.15) is 53.6 Å². The van der Waals surface area contributed by atoms with Crippen molar-refractivity contribution in [1.82, 2.24) is 10.2 Å². The van der Waals surface area contributed by atoms with Gasteiger partial charge in [0.2, 0.25) is 5.13 Å². The number of methoxy groups -OCH3 is 1. The molecule has 1 aromatic heterocycles. The Labute approximate surface area is 303 Å². The fourth-order valence-corrected chi connectivity index (χ4v) is 7.39. The van der Waals surface area contributed by atoms with Crippen molar-refractivity contribution in [2.75, 3.05) is 18.6 Å². The first-order valence-electron chi connectivity index (χ1n) is 16.4. The quantitative estimate of drug-likeness (QED) is 0.0300. The predicted octanol–water partition coefficient (Wildman–Crippen LogP) is 8.67. The Morgan fingerprint density at radius 1 is 0.941 bits per heavy atom. The molecule has 9 nitrogen and oxygen atoms in total. The summed E-state index contributed by atoms with van der Waals surface area (Å²) in [6, 6.07) is 25.0. The van der Waals surface area contributed by atoms with E-state index < -0.39 is 17.7 Å². The van der Waals surface area contributed by atoms with Gasteiger partial charge < -0.3 is 19.3 Å². The number of unbranched alkanes of at least 4 members (excludes halogenated alkanes) is 1. The fraction of sp³-hybridized carbons (Fsp3) is 0.231. The number of thioether (sulfide) groups is 1. The number of ether oxygens (including phenoxy) is 3. The molecule has 4 aromatic carbocycles. The zero-order chi connectivity index (χ0) is 35.9. The third-order valence-electron chi connectivity index (χ3n) is 8.20. The second kappa shape index (κ2) is 16.2. The van der Waals surface area contributed by atoms with E-state index >= 15 is 0 Å². The van der Waals surface area contributed by atoms with Crippen molar-refractivity contribution in [2.24, 2.45) is 0 Å². The molecule has 262 valence electrons. The molecule has 1 aliphatic rings. The van der Waals surface area contributed by atoms with E-state index in [1.807, 2.05) is 31.2 Å². The van der Waals surface area contributed by atoms with Gasteiger partial charge in [0.05, 0.1) is 25.3 Å². The SMILES string of the molecule is CCCCOc1ccc(C2/C(=C(\O)c3ccc(OCc4cccc(C)c4)cc3)C(=O)C(=O)N2c2nnc(SCc3ccc(F)cc3)s2)cc1OC. The van der Waals surface area contributed by atoms with Gasteiger partial charge in [-0.25, -0.2) is 4.39 Å². The van der Waals surface area contributed by atoms with E-state index in [-0.39, 0.29) is 22.3 Å². The molecule has 0 radical (unpaired) electrons. The number of carbonyl (C=O) groups excluding carboxylic acids is 2. The Bertz CT molecular complexity index is 2050. The number of aliphatic hydroxyl groups is 1. The van der Waals surface area contributed by atoms with Crippen molar-refractivity contribution in [3.63, 3.8) is 0 Å². The third-order valence-corrected chi connectivity index (χ3v) is 10.3. The molecule has 0 aliphatic carbocycles. The minimum absolute atomic E-state index is 0.106. The standard InChI is InChI=1S/C39H36FN3O6S2/c1-4-5-19-48-31-18-13-28(21-32(31)47-3)34-33(35(44)27-11-16-30(17-12-27)49-22-26-8-6-7-24(2)20-26)36(45)37(46)43(34)38-41-42-39(51-38)50-23-25-9-14-29(40)15-10-25/h6-18,20-21,34,44H,4-5,19,22-23H2,1-3H3/b35-33+. The van der Waals surface area contributed by atoms with Crippen molar-refractivity contribution in [1.29, 1.82) is 0 Å². The van der Waals surface area contributed by atoms with Crippen molar-refractivity contribution < 1.29 is 33.3 Å². The van der Waals surface area contributed by atoms with Gasteiger partial charge in [-0.05, 0) is 78.6 Å². The molecular formula is C39H36FN3O6S2. The lowest BCUT2D eigenvalue weighted by molar-refractivity contribution is -0.132. The molecule has 1 N–H and O–H groups in total. The van der Waals surface area contributed by atoms with E-state index in [1.54, 1.807) is 54.6 Å². The number of aromatic nitrogens is 2. The van der Waals surface area contributed by atoms with Crippen LogP contribution in [0.25, 0.3) is 5.76 Å². The van der Waals surface area contributed by atoms with Gasteiger partial charge in [-0.2, -0.15) is 0 Å². The highest BCUT2D eigenvalue weighted by atomic mass is 32.2. The number of aliphatic hydroxyl groups excluding tert-OH is 1. The number of nitrogens with zero attached hydrogens (tertiary/aromatic N) is 3. The molecule has 2 heterocycles. The molecule has 0 spiro atoms. The summed E-state index contributed by atoms with van der Waals surface area (Å²) in [5.74, 6) is -0.379. The Morgan fingerprint density at radius 3 is 2.45 bits per heavy atom. The minimum atomic E-state index is -1.05. The van der Waals surface area contributed by atoms with Gasteiger partial charge in [0.15, 0.2) is 15.8 Å². The zero-order valence-corrected chi connectivity index (χ0v) is 29.9. The van der Waals surface area contributed by atoms with E-state index in [1.165, 1.54) is 35.9 Å². The molecular weight excluding hydrogens is 690 g/mol. The number of halogens is 1. The molecule has 1 aliphatic heterocycles. The topological polar surface area (TPSA) is 111 Å². The van der Waals surface area contributed by atoms with Crippen molar-refractivity contribution in [2.45, 2.75) is 49.4 Å². The molecule has 6 rings (SSSR count). The average Bonchev–Trinajstić information content (AvgIpc) is 3.72. The first-order chi connectivity index (χ1) is 24.7. The molecule has 51 heavy (non-hydrogen) atoms. The third kappa shape index (κ3) is 8.24. The van der Waals surface area contributed by atoms with Crippen LogP contribution in [-0.2, 0) is 21.9 Å². The highest BCUT2D eigenvalue weighted by Crippen LogP contribution is 2.45. The van der Waals surface area contributed by atoms with Gasteiger partial charge >= 0.3 is 5.91 Å². The number of rotatable bonds is 14. The lowest BCUT2D eigenvalue weighted by atomic mass is 9.95. The lowest BCUT2D eigenvalue weighted by Gasteiger charge is -2.23. The number of benzene rings is 4. The Hall–Kier alpha value is -5.20. The Morgan fingerprint density at radius 2 is 1.73 bits per heavy atom. The molecule has 0 bridgehead atoms. The maximum Gasteiger partial charge on any atom is 0.301 e. The zero-order valence-electron chi connectivity index (χ0n) is 28.3. The van der Waals surface area contributed by atoms with Crippen molar-refractivity contribution >= 4 is 45.7 Å². The summed E-state index contributed by atoms with van der Waals surface area (Å²) in [4.78, 5) is 28.9. The lowest BCUT2D eigenvalue weighted by Crippen LogP contribution is -2.29. The van der Waals surface area contributed by atoms with Gasteiger partial charge in [-0.3, -0.25) is 14.5 Å². The maximum atomic E-state index is 13.8. The van der Waals surface area contributed by atoms with Gasteiger partial charge in [-0.1, -0.05) is 84.5 Å². The van der Waals surface area contributed by atoms with E-state index in [4.69, 9.17) is 14.2 Å². The van der Waals surface area contributed by atoms with Crippen LogP contribution in [0.4, 0.5) is 9.52 Å². The number of hydrogen-bond donors (Lipinski definition) is 1. The highest BCUT2D eigenvalue weighted by molar-refractivity contribution is 8.00. The van der Waals surface area contributed by atoms with Gasteiger partial charge in [-0.15, -0.1) is 10.2 Å². The number of Topliss-reactive ketones (excluding diaryl/α,β-unsaturated/α-hetero) is 1. The second-order valence-corrected chi connectivity index (χ2v) is 14.0. The van der Waals surface area contributed by atoms with Crippen LogP contribution in [0.2, 0.25) is 0 Å². The van der Waals surface area contributed by atoms with Crippen LogP contribution in [-0.4, -0.2) is 40.7 Å². The number of carbonyl (C=O) groups is 2. The number of ketones is 1. The fourth-order valence-electron chi connectivity index (χ4n) is 5.56. The number of amides is 1. The summed E-state index contributed by atoms with van der Waals surface area (Å²) in [5, 5.41) is 20.5. The van der Waals surface area contributed by atoms with Crippen molar-refractivity contribution in [3.8, 4) is 17.2 Å². The maximum absolute atomic E-state index is 13.8. The van der Waals surface area contributed by atoms with E-state index in [0.29, 0.717) is 51.7 Å². The van der Waals surface area contributed by atoms with Crippen LogP contribution in [0.5, 0.6) is 17.2 Å². The molecule has 1 fully saturated rings. The van der Waals surface area contributed by atoms with Crippen LogP contribution >= 0.6 is 23.1 Å². The Kier molecular flexibility index (Phi) is 11.3. The average molecular weight is 726 g/mol. The summed E-state index contributed by atoms with van der Waals surface area (Å²) < 4.78 is 31.5. The minimum Gasteiger partial charge on any atom is -0.507 e. The molecule has 12 heteroatoms. The molecule has 1 unspecified atom stereocenters. The second-order valence-electron chi connectivity index (χ2n) is 11.8. The number of hydrogen-bond acceptors (Lipinski definition) is 10. The number of aryl methyl sites for hydroxylation is 1. The summed E-state index contributed by atoms with van der Waals surface area (Å²) in [6.07, 6.45) is 1.82. The molecule has 1 atom stereocenters. The smallest absolute Gasteiger partial charge is 0.301 e. The van der Waals surface area contributed by atoms with E-state index in [2.05, 4.69) is 17.1 Å². The van der Waals surface area contributed by atoms with Gasteiger partial charge in [0, 0.05) is 11.3 Å². The van der Waals surface area contributed by atoms with Crippen LogP contribution < -0.4 is 19.1 Å². The summed E-state index contributed by atoms with van der Waals surface area (Å²) in [5.41, 5.74) is 3.77. The van der Waals surface area contributed by atoms with Crippen LogP contribution in [0.3, 0.4) is 0 Å². The highest BCUT2D eigenvalue weighted by Gasteiger charge is 2.48. The van der Waals surface area contributed by atoms with Gasteiger partial charge in [0.25, 0.3) is 5.78 Å². The van der Waals surface area contributed by atoms with E-state index in [9.17, 15) is 19.1 Å². The molecule has 5 aromatic rings. The monoisotopic (exact) mass is 725 g/mol. The van der Waals surface area contributed by atoms with Gasteiger partial charge in [0.1, 0.15) is 23.9 Å².